The highest BCUT2D eigenvalue weighted by atomic mass is 32.1. The zero-order chi connectivity index (χ0) is 13.8. The summed E-state index contributed by atoms with van der Waals surface area (Å²) in [5.41, 5.74) is 0. The third kappa shape index (κ3) is 3.56. The van der Waals surface area contributed by atoms with Crippen molar-refractivity contribution in [2.24, 2.45) is 11.8 Å². The number of nitrogens with one attached hydrogen (secondary N) is 2. The molecule has 2 rings (SSSR count). The predicted molar refractivity (Wildman–Crippen MR) is 77.9 cm³/mol. The molecule has 1 amide bonds. The second-order valence-electron chi connectivity index (χ2n) is 5.28. The van der Waals surface area contributed by atoms with Crippen molar-refractivity contribution >= 4 is 23.2 Å². The normalized spacial score (nSPS) is 26.7. The molecule has 1 heterocycles. The van der Waals surface area contributed by atoms with Gasteiger partial charge in [0.05, 0.1) is 6.26 Å². The molecular weight excluding hydrogens is 260 g/mol. The quantitative estimate of drug-likeness (QED) is 0.818. The molecule has 1 aliphatic carbocycles. The lowest BCUT2D eigenvalue weighted by molar-refractivity contribution is 0.0948. The summed E-state index contributed by atoms with van der Waals surface area (Å²) in [5, 5.41) is 6.28. The molecule has 0 spiro atoms. The lowest BCUT2D eigenvalue weighted by Crippen LogP contribution is -2.49. The average molecular weight is 280 g/mol. The second kappa shape index (κ2) is 6.19. The van der Waals surface area contributed by atoms with Crippen LogP contribution in [0.3, 0.4) is 0 Å². The van der Waals surface area contributed by atoms with Gasteiger partial charge in [0.2, 0.25) is 0 Å². The first-order valence-corrected chi connectivity index (χ1v) is 7.14. The van der Waals surface area contributed by atoms with Gasteiger partial charge in [-0.1, -0.05) is 26.7 Å². The summed E-state index contributed by atoms with van der Waals surface area (Å²) in [4.78, 5) is 11.8. The minimum Gasteiger partial charge on any atom is -0.459 e. The first kappa shape index (κ1) is 14.1. The van der Waals surface area contributed by atoms with E-state index in [1.165, 1.54) is 19.1 Å². The Morgan fingerprint density at radius 3 is 2.89 bits per heavy atom. The Morgan fingerprint density at radius 1 is 1.42 bits per heavy atom. The van der Waals surface area contributed by atoms with Gasteiger partial charge in [0, 0.05) is 6.04 Å². The number of furan rings is 1. The summed E-state index contributed by atoms with van der Waals surface area (Å²) in [7, 11) is 0. The molecule has 19 heavy (non-hydrogen) atoms. The van der Waals surface area contributed by atoms with E-state index in [-0.39, 0.29) is 11.7 Å². The Balaban J connectivity index is 1.86. The Hall–Kier alpha value is -1.36. The standard InChI is InChI=1S/C14H20N2O2S/c1-9-5-3-6-11(10(9)2)15-14(19)16-13(17)12-7-4-8-18-12/h4,7-11H,3,5-6H2,1-2H3,(H2,15,16,17,19)/t9-,10+,11-/m0/s1. The molecular formula is C14H20N2O2S. The molecule has 1 aliphatic rings. The largest absolute Gasteiger partial charge is 0.459 e. The van der Waals surface area contributed by atoms with Crippen LogP contribution in [0.5, 0.6) is 0 Å². The summed E-state index contributed by atoms with van der Waals surface area (Å²) >= 11 is 5.19. The number of rotatable bonds is 2. The van der Waals surface area contributed by atoms with E-state index in [1.807, 2.05) is 0 Å². The Kier molecular flexibility index (Phi) is 4.58. The summed E-state index contributed by atoms with van der Waals surface area (Å²) in [6, 6.07) is 3.63. The van der Waals surface area contributed by atoms with Crippen LogP contribution in [0, 0.1) is 11.8 Å². The van der Waals surface area contributed by atoms with Gasteiger partial charge in [0.25, 0.3) is 5.91 Å². The molecule has 2 N–H and O–H groups in total. The monoisotopic (exact) mass is 280 g/mol. The zero-order valence-corrected chi connectivity index (χ0v) is 12.1. The van der Waals surface area contributed by atoms with E-state index in [4.69, 9.17) is 16.6 Å². The minimum atomic E-state index is -0.306. The van der Waals surface area contributed by atoms with Crippen molar-refractivity contribution in [2.75, 3.05) is 0 Å². The summed E-state index contributed by atoms with van der Waals surface area (Å²) in [5.74, 6) is 1.22. The molecule has 0 aliphatic heterocycles. The van der Waals surface area contributed by atoms with Crippen LogP contribution in [0.4, 0.5) is 0 Å². The number of carbonyl (C=O) groups is 1. The highest BCUT2D eigenvalue weighted by Crippen LogP contribution is 2.29. The fraction of sp³-hybridized carbons (Fsp3) is 0.571. The molecule has 1 aromatic heterocycles. The van der Waals surface area contributed by atoms with Crippen molar-refractivity contribution in [3.8, 4) is 0 Å². The van der Waals surface area contributed by atoms with Crippen LogP contribution in [0.1, 0.15) is 43.7 Å². The van der Waals surface area contributed by atoms with E-state index in [0.29, 0.717) is 23.0 Å². The third-order valence-corrected chi connectivity index (χ3v) is 4.22. The van der Waals surface area contributed by atoms with Crippen molar-refractivity contribution in [3.05, 3.63) is 24.2 Å². The highest BCUT2D eigenvalue weighted by molar-refractivity contribution is 7.80. The van der Waals surface area contributed by atoms with Gasteiger partial charge in [0.15, 0.2) is 10.9 Å². The zero-order valence-electron chi connectivity index (χ0n) is 11.3. The Bertz CT molecular complexity index is 444. The number of carbonyl (C=O) groups excluding carboxylic acids is 1. The van der Waals surface area contributed by atoms with Crippen LogP contribution >= 0.6 is 12.2 Å². The summed E-state index contributed by atoms with van der Waals surface area (Å²) in [6.07, 6.45) is 5.04. The molecule has 104 valence electrons. The van der Waals surface area contributed by atoms with Crippen molar-refractivity contribution in [3.63, 3.8) is 0 Å². The molecule has 0 aromatic carbocycles. The van der Waals surface area contributed by atoms with Gasteiger partial charge >= 0.3 is 0 Å². The highest BCUT2D eigenvalue weighted by Gasteiger charge is 2.27. The molecule has 0 unspecified atom stereocenters. The van der Waals surface area contributed by atoms with Gasteiger partial charge in [0.1, 0.15) is 0 Å². The van der Waals surface area contributed by atoms with Crippen LogP contribution in [-0.4, -0.2) is 17.1 Å². The fourth-order valence-electron chi connectivity index (χ4n) is 2.56. The molecule has 1 saturated carbocycles. The second-order valence-corrected chi connectivity index (χ2v) is 5.69. The lowest BCUT2D eigenvalue weighted by Gasteiger charge is -2.35. The van der Waals surface area contributed by atoms with Gasteiger partial charge in [-0.25, -0.2) is 0 Å². The van der Waals surface area contributed by atoms with E-state index in [0.717, 1.165) is 6.42 Å². The molecule has 1 fully saturated rings. The van der Waals surface area contributed by atoms with Crippen LogP contribution in [0.2, 0.25) is 0 Å². The van der Waals surface area contributed by atoms with Gasteiger partial charge < -0.3 is 9.73 Å². The predicted octanol–water partition coefficient (Wildman–Crippen LogP) is 2.71. The molecule has 5 heteroatoms. The van der Waals surface area contributed by atoms with Crippen LogP contribution < -0.4 is 10.6 Å². The van der Waals surface area contributed by atoms with Crippen molar-refractivity contribution in [1.82, 2.24) is 10.6 Å². The summed E-state index contributed by atoms with van der Waals surface area (Å²) < 4.78 is 5.02. The van der Waals surface area contributed by atoms with E-state index >= 15 is 0 Å². The van der Waals surface area contributed by atoms with E-state index in [1.54, 1.807) is 12.1 Å². The third-order valence-electron chi connectivity index (χ3n) is 4.00. The molecule has 3 atom stereocenters. The maximum absolute atomic E-state index is 11.8. The minimum absolute atomic E-state index is 0.272. The van der Waals surface area contributed by atoms with Crippen LogP contribution in [-0.2, 0) is 0 Å². The lowest BCUT2D eigenvalue weighted by atomic mass is 9.78. The SMILES string of the molecule is C[C@H]1[C@@H](NC(=S)NC(=O)c2ccco2)CCC[C@@H]1C. The first-order valence-electron chi connectivity index (χ1n) is 6.73. The molecule has 0 radical (unpaired) electrons. The van der Waals surface area contributed by atoms with E-state index in [2.05, 4.69) is 24.5 Å². The number of thiocarbonyl (C=S) groups is 1. The first-order chi connectivity index (χ1) is 9.08. The van der Waals surface area contributed by atoms with Crippen LogP contribution in [0.15, 0.2) is 22.8 Å². The molecule has 0 saturated heterocycles. The van der Waals surface area contributed by atoms with E-state index < -0.39 is 0 Å². The average Bonchev–Trinajstić information content (AvgIpc) is 2.88. The molecule has 0 bridgehead atoms. The number of amides is 1. The fourth-order valence-corrected chi connectivity index (χ4v) is 2.81. The number of hydrogen-bond donors (Lipinski definition) is 2. The van der Waals surface area contributed by atoms with Crippen molar-refractivity contribution in [1.29, 1.82) is 0 Å². The van der Waals surface area contributed by atoms with Gasteiger partial charge in [-0.05, 0) is 42.6 Å². The smallest absolute Gasteiger partial charge is 0.293 e. The van der Waals surface area contributed by atoms with Crippen molar-refractivity contribution < 1.29 is 9.21 Å². The van der Waals surface area contributed by atoms with Crippen LogP contribution in [0.25, 0.3) is 0 Å². The maximum Gasteiger partial charge on any atom is 0.293 e. The summed E-state index contributed by atoms with van der Waals surface area (Å²) in [6.45, 7) is 4.50. The van der Waals surface area contributed by atoms with Gasteiger partial charge in [-0.15, -0.1) is 0 Å². The van der Waals surface area contributed by atoms with Gasteiger partial charge in [-0.2, -0.15) is 0 Å². The van der Waals surface area contributed by atoms with E-state index in [9.17, 15) is 4.79 Å². The topological polar surface area (TPSA) is 54.3 Å². The van der Waals surface area contributed by atoms with Gasteiger partial charge in [-0.3, -0.25) is 10.1 Å². The Labute approximate surface area is 118 Å². The Morgan fingerprint density at radius 2 is 2.21 bits per heavy atom. The maximum atomic E-state index is 11.8. The number of hydrogen-bond acceptors (Lipinski definition) is 3. The molecule has 4 nitrogen and oxygen atoms in total. The molecule has 1 aromatic rings. The van der Waals surface area contributed by atoms with Crippen molar-refractivity contribution in [2.45, 2.75) is 39.2 Å².